The highest BCUT2D eigenvalue weighted by Crippen LogP contribution is 2.31. The lowest BCUT2D eigenvalue weighted by molar-refractivity contribution is 0.334. The van der Waals surface area contributed by atoms with E-state index in [0.717, 1.165) is 5.92 Å². The number of hydrogen-bond acceptors (Lipinski definition) is 3. The summed E-state index contributed by atoms with van der Waals surface area (Å²) >= 11 is 1.75. The molecule has 2 rings (SSSR count). The molecule has 1 aliphatic carbocycles. The van der Waals surface area contributed by atoms with Crippen molar-refractivity contribution in [2.45, 2.75) is 58.0 Å². The van der Waals surface area contributed by atoms with E-state index in [2.05, 4.69) is 36.5 Å². The molecular formula is C13H22N2S. The first-order chi connectivity index (χ1) is 7.62. The molecule has 1 aromatic rings. The normalized spacial score (nSPS) is 26.2. The number of rotatable bonds is 4. The molecule has 0 aliphatic heterocycles. The molecule has 1 saturated carbocycles. The van der Waals surface area contributed by atoms with Crippen molar-refractivity contribution in [1.29, 1.82) is 0 Å². The van der Waals surface area contributed by atoms with Crippen LogP contribution in [0.1, 0.15) is 51.5 Å². The average Bonchev–Trinajstić information content (AvgIpc) is 2.86. The molecule has 0 spiro atoms. The first-order valence-electron chi connectivity index (χ1n) is 6.29. The van der Waals surface area contributed by atoms with Gasteiger partial charge in [0.1, 0.15) is 5.01 Å². The van der Waals surface area contributed by atoms with Gasteiger partial charge in [-0.1, -0.05) is 13.3 Å². The molecule has 3 heteroatoms. The van der Waals surface area contributed by atoms with Crippen molar-refractivity contribution < 1.29 is 0 Å². The largest absolute Gasteiger partial charge is 0.303 e. The Labute approximate surface area is 102 Å². The molecule has 16 heavy (non-hydrogen) atoms. The van der Waals surface area contributed by atoms with Gasteiger partial charge in [-0.25, -0.2) is 4.98 Å². The van der Waals surface area contributed by atoms with E-state index in [9.17, 15) is 0 Å². The maximum absolute atomic E-state index is 4.43. The van der Waals surface area contributed by atoms with E-state index >= 15 is 0 Å². The summed E-state index contributed by atoms with van der Waals surface area (Å²) in [5.74, 6) is 0.935. The van der Waals surface area contributed by atoms with Gasteiger partial charge in [0.2, 0.25) is 0 Å². The van der Waals surface area contributed by atoms with Gasteiger partial charge in [-0.3, -0.25) is 0 Å². The van der Waals surface area contributed by atoms with Crippen LogP contribution in [0, 0.1) is 5.92 Å². The summed E-state index contributed by atoms with van der Waals surface area (Å²) in [6.45, 7) is 6.79. The van der Waals surface area contributed by atoms with Crippen molar-refractivity contribution in [1.82, 2.24) is 10.3 Å². The lowest BCUT2D eigenvalue weighted by Crippen LogP contribution is -2.42. The molecule has 1 aromatic heterocycles. The number of thiazole rings is 1. The minimum absolute atomic E-state index is 0.0292. The zero-order valence-corrected chi connectivity index (χ0v) is 11.3. The van der Waals surface area contributed by atoms with Gasteiger partial charge in [-0.15, -0.1) is 11.3 Å². The second-order valence-corrected chi connectivity index (χ2v) is 6.29. The van der Waals surface area contributed by atoms with E-state index in [-0.39, 0.29) is 5.54 Å². The Balaban J connectivity index is 1.94. The first-order valence-corrected chi connectivity index (χ1v) is 7.17. The Morgan fingerprint density at radius 3 is 2.88 bits per heavy atom. The second-order valence-electron chi connectivity index (χ2n) is 5.39. The zero-order chi connectivity index (χ0) is 11.6. The minimum Gasteiger partial charge on any atom is -0.303 e. The number of hydrogen-bond donors (Lipinski definition) is 1. The average molecular weight is 238 g/mol. The van der Waals surface area contributed by atoms with E-state index in [1.165, 1.54) is 30.7 Å². The van der Waals surface area contributed by atoms with Crippen molar-refractivity contribution in [3.8, 4) is 0 Å². The highest BCUT2D eigenvalue weighted by atomic mass is 32.1. The zero-order valence-electron chi connectivity index (χ0n) is 10.5. The lowest BCUT2D eigenvalue weighted by Gasteiger charge is -2.28. The van der Waals surface area contributed by atoms with Crippen molar-refractivity contribution in [2.24, 2.45) is 5.92 Å². The van der Waals surface area contributed by atoms with Crippen LogP contribution in [-0.4, -0.2) is 11.0 Å². The lowest BCUT2D eigenvalue weighted by atomic mass is 10.0. The predicted molar refractivity (Wildman–Crippen MR) is 69.7 cm³/mol. The van der Waals surface area contributed by atoms with Crippen LogP contribution in [0.5, 0.6) is 0 Å². The minimum atomic E-state index is 0.0292. The summed E-state index contributed by atoms with van der Waals surface area (Å²) in [6, 6.07) is 0.684. The van der Waals surface area contributed by atoms with Crippen molar-refractivity contribution in [3.63, 3.8) is 0 Å². The molecule has 1 aliphatic rings. The van der Waals surface area contributed by atoms with E-state index in [4.69, 9.17) is 0 Å². The highest BCUT2D eigenvalue weighted by Gasteiger charge is 2.30. The fourth-order valence-corrected chi connectivity index (χ4v) is 3.41. The molecule has 2 unspecified atom stereocenters. The summed E-state index contributed by atoms with van der Waals surface area (Å²) in [5, 5.41) is 7.03. The Kier molecular flexibility index (Phi) is 3.65. The molecule has 2 nitrogen and oxygen atoms in total. The van der Waals surface area contributed by atoms with Gasteiger partial charge in [0, 0.05) is 17.6 Å². The predicted octanol–water partition coefficient (Wildman–Crippen LogP) is 3.55. The molecule has 90 valence electrons. The van der Waals surface area contributed by atoms with Crippen LogP contribution in [0.3, 0.4) is 0 Å². The van der Waals surface area contributed by atoms with Crippen LogP contribution >= 0.6 is 11.3 Å². The molecule has 2 atom stereocenters. The summed E-state index contributed by atoms with van der Waals surface area (Å²) in [6.07, 6.45) is 7.28. The molecule has 0 aromatic carbocycles. The van der Waals surface area contributed by atoms with Gasteiger partial charge in [-0.05, 0) is 39.0 Å². The molecule has 0 bridgehead atoms. The van der Waals surface area contributed by atoms with Gasteiger partial charge in [0.05, 0.1) is 5.54 Å². The third-order valence-electron chi connectivity index (χ3n) is 3.65. The van der Waals surface area contributed by atoms with Crippen LogP contribution in [0.2, 0.25) is 0 Å². The van der Waals surface area contributed by atoms with Gasteiger partial charge in [-0.2, -0.15) is 0 Å². The second kappa shape index (κ2) is 4.84. The standard InChI is InChI=1S/C13H22N2S/c1-4-10-5-6-11(9-10)15-13(2,3)12-14-7-8-16-12/h7-8,10-11,15H,4-6,9H2,1-3H3. The highest BCUT2D eigenvalue weighted by molar-refractivity contribution is 7.09. The van der Waals surface area contributed by atoms with E-state index in [1.807, 2.05) is 6.20 Å². The summed E-state index contributed by atoms with van der Waals surface area (Å²) < 4.78 is 0. The molecule has 1 fully saturated rings. The Bertz CT molecular complexity index is 319. The van der Waals surface area contributed by atoms with E-state index in [0.29, 0.717) is 6.04 Å². The van der Waals surface area contributed by atoms with E-state index < -0.39 is 0 Å². The van der Waals surface area contributed by atoms with Gasteiger partial charge in [0.15, 0.2) is 0 Å². The third kappa shape index (κ3) is 2.64. The summed E-state index contributed by atoms with van der Waals surface area (Å²) in [7, 11) is 0. The molecule has 0 radical (unpaired) electrons. The van der Waals surface area contributed by atoms with Crippen LogP contribution in [-0.2, 0) is 5.54 Å². The van der Waals surface area contributed by atoms with Crippen LogP contribution in [0.25, 0.3) is 0 Å². The van der Waals surface area contributed by atoms with Crippen LogP contribution in [0.4, 0.5) is 0 Å². The van der Waals surface area contributed by atoms with Crippen molar-refractivity contribution in [2.75, 3.05) is 0 Å². The maximum atomic E-state index is 4.43. The quantitative estimate of drug-likeness (QED) is 0.867. The molecule has 0 saturated heterocycles. The third-order valence-corrected chi connectivity index (χ3v) is 4.75. The summed E-state index contributed by atoms with van der Waals surface area (Å²) in [5.41, 5.74) is 0.0292. The first kappa shape index (κ1) is 12.1. The van der Waals surface area contributed by atoms with Gasteiger partial charge in [0.25, 0.3) is 0 Å². The van der Waals surface area contributed by atoms with Gasteiger partial charge >= 0.3 is 0 Å². The number of nitrogens with zero attached hydrogens (tertiary/aromatic N) is 1. The van der Waals surface area contributed by atoms with E-state index in [1.54, 1.807) is 11.3 Å². The summed E-state index contributed by atoms with van der Waals surface area (Å²) in [4.78, 5) is 4.43. The Morgan fingerprint density at radius 1 is 1.50 bits per heavy atom. The van der Waals surface area contributed by atoms with Crippen molar-refractivity contribution in [3.05, 3.63) is 16.6 Å². The molecular weight excluding hydrogens is 216 g/mol. The van der Waals surface area contributed by atoms with Crippen LogP contribution < -0.4 is 5.32 Å². The Morgan fingerprint density at radius 2 is 2.31 bits per heavy atom. The fourth-order valence-electron chi connectivity index (χ4n) is 2.68. The smallest absolute Gasteiger partial charge is 0.112 e. The topological polar surface area (TPSA) is 24.9 Å². The van der Waals surface area contributed by atoms with Gasteiger partial charge < -0.3 is 5.32 Å². The Hall–Kier alpha value is -0.410. The fraction of sp³-hybridized carbons (Fsp3) is 0.769. The maximum Gasteiger partial charge on any atom is 0.112 e. The van der Waals surface area contributed by atoms with Crippen molar-refractivity contribution >= 4 is 11.3 Å². The molecule has 1 heterocycles. The monoisotopic (exact) mass is 238 g/mol. The number of aromatic nitrogens is 1. The molecule has 1 N–H and O–H groups in total. The number of nitrogens with one attached hydrogen (secondary N) is 1. The SMILES string of the molecule is CCC1CCC(NC(C)(C)c2nccs2)C1. The molecule has 0 amide bonds. The van der Waals surface area contributed by atoms with Crippen LogP contribution in [0.15, 0.2) is 11.6 Å².